The highest BCUT2D eigenvalue weighted by molar-refractivity contribution is 5.42. The van der Waals surface area contributed by atoms with E-state index in [1.165, 1.54) is 4.68 Å². The largest absolute Gasteiger partial charge is 0.396 e. The van der Waals surface area contributed by atoms with Crippen LogP contribution in [0.4, 0.5) is 0 Å². The third kappa shape index (κ3) is 2.96. The summed E-state index contributed by atoms with van der Waals surface area (Å²) in [7, 11) is 0. The van der Waals surface area contributed by atoms with Crippen molar-refractivity contribution in [3.05, 3.63) is 52.1 Å². The third-order valence-electron chi connectivity index (χ3n) is 4.21. The summed E-state index contributed by atoms with van der Waals surface area (Å²) in [6, 6.07) is 9.64. The van der Waals surface area contributed by atoms with Gasteiger partial charge in [-0.1, -0.05) is 12.1 Å². The van der Waals surface area contributed by atoms with Crippen LogP contribution in [-0.2, 0) is 24.2 Å². The third-order valence-corrected chi connectivity index (χ3v) is 4.21. The van der Waals surface area contributed by atoms with E-state index in [4.69, 9.17) is 15.3 Å². The molecule has 124 valence electrons. The van der Waals surface area contributed by atoms with Crippen LogP contribution in [0.15, 0.2) is 24.3 Å². The van der Waals surface area contributed by atoms with Crippen LogP contribution in [0, 0.1) is 16.7 Å². The molecule has 6 heteroatoms. The van der Waals surface area contributed by atoms with Gasteiger partial charge in [-0.3, -0.25) is 5.41 Å². The van der Waals surface area contributed by atoms with Gasteiger partial charge < -0.3 is 9.84 Å². The van der Waals surface area contributed by atoms with Crippen molar-refractivity contribution in [1.29, 1.82) is 10.7 Å². The molecule has 2 aromatic rings. The lowest BCUT2D eigenvalue weighted by Crippen LogP contribution is -2.37. The fourth-order valence-corrected chi connectivity index (χ4v) is 2.91. The van der Waals surface area contributed by atoms with E-state index in [0.29, 0.717) is 36.4 Å². The number of benzene rings is 1. The van der Waals surface area contributed by atoms with Crippen LogP contribution in [0.3, 0.4) is 0 Å². The maximum atomic E-state index is 9.55. The Bertz CT molecular complexity index is 860. The molecule has 0 saturated carbocycles. The second-order valence-corrected chi connectivity index (χ2v) is 6.54. The quantitative estimate of drug-likeness (QED) is 0.896. The van der Waals surface area contributed by atoms with E-state index in [2.05, 4.69) is 11.2 Å². The van der Waals surface area contributed by atoms with Gasteiger partial charge in [-0.25, -0.2) is 4.68 Å². The minimum absolute atomic E-state index is 0.0869. The highest BCUT2D eigenvalue weighted by Crippen LogP contribution is 2.27. The van der Waals surface area contributed by atoms with E-state index in [9.17, 15) is 5.26 Å². The first-order chi connectivity index (χ1) is 11.4. The lowest BCUT2D eigenvalue weighted by Gasteiger charge is -2.31. The zero-order valence-corrected chi connectivity index (χ0v) is 13.8. The Labute approximate surface area is 140 Å². The molecule has 1 aromatic heterocycles. The summed E-state index contributed by atoms with van der Waals surface area (Å²) in [5, 5.41) is 31.5. The molecule has 2 N–H and O–H groups in total. The van der Waals surface area contributed by atoms with Crippen LogP contribution < -0.4 is 5.49 Å². The average Bonchev–Trinajstić information content (AvgIpc) is 2.55. The summed E-state index contributed by atoms with van der Waals surface area (Å²) in [6.45, 7) is 4.38. The van der Waals surface area contributed by atoms with Crippen molar-refractivity contribution in [2.75, 3.05) is 6.61 Å². The van der Waals surface area contributed by atoms with Crippen molar-refractivity contribution >= 4 is 0 Å². The molecule has 0 radical (unpaired) electrons. The van der Waals surface area contributed by atoms with E-state index in [0.717, 1.165) is 11.1 Å². The van der Waals surface area contributed by atoms with Gasteiger partial charge in [0.2, 0.25) is 0 Å². The molecule has 0 bridgehead atoms. The Kier molecular flexibility index (Phi) is 4.22. The highest BCUT2D eigenvalue weighted by atomic mass is 16.5. The first-order valence-corrected chi connectivity index (χ1v) is 7.89. The molecule has 0 spiro atoms. The van der Waals surface area contributed by atoms with Crippen molar-refractivity contribution in [3.63, 3.8) is 0 Å². The Morgan fingerprint density at radius 2 is 2.08 bits per heavy atom. The highest BCUT2D eigenvalue weighted by Gasteiger charge is 2.30. The van der Waals surface area contributed by atoms with Gasteiger partial charge in [0.05, 0.1) is 23.6 Å². The number of nitrogens with one attached hydrogen (secondary N) is 1. The molecule has 2 heterocycles. The predicted molar refractivity (Wildman–Crippen MR) is 87.5 cm³/mol. The van der Waals surface area contributed by atoms with Crippen LogP contribution in [0.25, 0.3) is 5.69 Å². The van der Waals surface area contributed by atoms with E-state index in [1.807, 2.05) is 38.1 Å². The molecule has 1 aromatic carbocycles. The minimum Gasteiger partial charge on any atom is -0.396 e. The van der Waals surface area contributed by atoms with Gasteiger partial charge in [-0.2, -0.15) is 10.4 Å². The molecule has 0 unspecified atom stereocenters. The zero-order valence-electron chi connectivity index (χ0n) is 13.8. The number of hydrogen-bond donors (Lipinski definition) is 2. The fraction of sp³-hybridized carbons (Fsp3) is 0.389. The topological polar surface area (TPSA) is 94.9 Å². The summed E-state index contributed by atoms with van der Waals surface area (Å²) in [6.07, 6.45) is 1.16. The van der Waals surface area contributed by atoms with Gasteiger partial charge in [0.1, 0.15) is 11.6 Å². The van der Waals surface area contributed by atoms with Crippen LogP contribution in [-0.4, -0.2) is 27.1 Å². The van der Waals surface area contributed by atoms with Crippen LogP contribution >= 0.6 is 0 Å². The second kappa shape index (κ2) is 6.19. The van der Waals surface area contributed by atoms with Gasteiger partial charge in [-0.15, -0.1) is 0 Å². The maximum absolute atomic E-state index is 9.55. The Morgan fingerprint density at radius 1 is 1.38 bits per heavy atom. The molecule has 0 atom stereocenters. The Balaban J connectivity index is 2.11. The number of aromatic nitrogens is 2. The molecule has 0 fully saturated rings. The summed E-state index contributed by atoms with van der Waals surface area (Å²) < 4.78 is 7.27. The van der Waals surface area contributed by atoms with Gasteiger partial charge in [-0.05, 0) is 38.0 Å². The molecule has 1 aliphatic rings. The molecule has 24 heavy (non-hydrogen) atoms. The molecule has 1 aliphatic heterocycles. The van der Waals surface area contributed by atoms with Gasteiger partial charge >= 0.3 is 0 Å². The van der Waals surface area contributed by atoms with Gasteiger partial charge in [0.25, 0.3) is 0 Å². The van der Waals surface area contributed by atoms with Gasteiger partial charge in [0, 0.05) is 18.6 Å². The number of rotatable bonds is 3. The normalized spacial score (nSPS) is 15.6. The first-order valence-electron chi connectivity index (χ1n) is 7.89. The Morgan fingerprint density at radius 3 is 2.71 bits per heavy atom. The number of nitrogens with zero attached hydrogens (tertiary/aromatic N) is 3. The van der Waals surface area contributed by atoms with Crippen molar-refractivity contribution in [2.24, 2.45) is 0 Å². The SMILES string of the molecule is CC1(C)Cc2c(nn(-c3ccc(CCO)cc3)c(=N)c2C#N)CO1. The smallest absolute Gasteiger partial charge is 0.164 e. The van der Waals surface area contributed by atoms with Crippen LogP contribution in [0.2, 0.25) is 0 Å². The lowest BCUT2D eigenvalue weighted by molar-refractivity contribution is -0.0428. The number of aliphatic hydroxyl groups is 1. The van der Waals surface area contributed by atoms with Gasteiger partial charge in [0.15, 0.2) is 5.49 Å². The lowest BCUT2D eigenvalue weighted by atomic mass is 9.92. The molecule has 0 amide bonds. The zero-order chi connectivity index (χ0) is 17.3. The molecular formula is C18H20N4O2. The average molecular weight is 324 g/mol. The standard InChI is InChI=1S/C18H20N4O2/c1-18(2)9-14-15(10-19)17(20)22(21-16(14)11-24-18)13-5-3-12(4-6-13)7-8-23/h3-6,20,23H,7-9,11H2,1-2H3. The van der Waals surface area contributed by atoms with Crippen molar-refractivity contribution in [1.82, 2.24) is 9.78 Å². The van der Waals surface area contributed by atoms with Crippen molar-refractivity contribution < 1.29 is 9.84 Å². The first kappa shape index (κ1) is 16.4. The van der Waals surface area contributed by atoms with Crippen molar-refractivity contribution in [2.45, 2.75) is 38.9 Å². The van der Waals surface area contributed by atoms with E-state index < -0.39 is 0 Å². The predicted octanol–water partition coefficient (Wildman–Crippen LogP) is 1.61. The monoisotopic (exact) mass is 324 g/mol. The minimum atomic E-state index is -0.356. The molecule has 3 rings (SSSR count). The van der Waals surface area contributed by atoms with Crippen LogP contribution in [0.1, 0.15) is 36.2 Å². The fourth-order valence-electron chi connectivity index (χ4n) is 2.91. The summed E-state index contributed by atoms with van der Waals surface area (Å²) in [4.78, 5) is 0. The van der Waals surface area contributed by atoms with E-state index in [-0.39, 0.29) is 17.7 Å². The van der Waals surface area contributed by atoms with E-state index >= 15 is 0 Å². The molecule has 6 nitrogen and oxygen atoms in total. The summed E-state index contributed by atoms with van der Waals surface area (Å²) in [5.41, 5.74) is 3.33. The number of ether oxygens (including phenoxy) is 1. The number of nitriles is 1. The number of aliphatic hydroxyl groups excluding tert-OH is 1. The maximum Gasteiger partial charge on any atom is 0.164 e. The van der Waals surface area contributed by atoms with E-state index in [1.54, 1.807) is 0 Å². The second-order valence-electron chi connectivity index (χ2n) is 6.54. The Hall–Kier alpha value is -2.49. The molecule has 0 aliphatic carbocycles. The number of fused-ring (bicyclic) bond motifs is 1. The van der Waals surface area contributed by atoms with Crippen molar-refractivity contribution in [3.8, 4) is 11.8 Å². The number of hydrogen-bond acceptors (Lipinski definition) is 5. The molecule has 0 saturated heterocycles. The summed E-state index contributed by atoms with van der Waals surface area (Å²) >= 11 is 0. The summed E-state index contributed by atoms with van der Waals surface area (Å²) in [5.74, 6) is 0. The van der Waals surface area contributed by atoms with Crippen LogP contribution in [0.5, 0.6) is 0 Å². The molecular weight excluding hydrogens is 304 g/mol.